The average molecular weight is 319 g/mol. The van der Waals surface area contributed by atoms with Crippen LogP contribution in [0, 0.1) is 5.92 Å². The molecule has 1 aromatic carbocycles. The minimum absolute atomic E-state index is 0.0525. The molecule has 1 heterocycles. The maximum atomic E-state index is 12.0. The van der Waals surface area contributed by atoms with E-state index in [1.54, 1.807) is 7.11 Å². The SMILES string of the molecule is COc1ccc(C[C@H]2NC[C@H](O)[C@H]2OC(=O)CCC2CC2)cc1. The highest BCUT2D eigenvalue weighted by molar-refractivity contribution is 5.69. The number of hydrogen-bond acceptors (Lipinski definition) is 5. The van der Waals surface area contributed by atoms with E-state index in [-0.39, 0.29) is 12.0 Å². The van der Waals surface area contributed by atoms with Crippen LogP contribution in [0.4, 0.5) is 0 Å². The van der Waals surface area contributed by atoms with Gasteiger partial charge in [-0.2, -0.15) is 0 Å². The summed E-state index contributed by atoms with van der Waals surface area (Å²) in [6, 6.07) is 7.77. The van der Waals surface area contributed by atoms with Crippen LogP contribution < -0.4 is 10.1 Å². The molecule has 1 aromatic rings. The van der Waals surface area contributed by atoms with Gasteiger partial charge >= 0.3 is 5.97 Å². The third-order valence-electron chi connectivity index (χ3n) is 4.70. The van der Waals surface area contributed by atoms with E-state index in [1.807, 2.05) is 24.3 Å². The molecule has 23 heavy (non-hydrogen) atoms. The van der Waals surface area contributed by atoms with Crippen molar-refractivity contribution < 1.29 is 19.4 Å². The highest BCUT2D eigenvalue weighted by Gasteiger charge is 2.37. The van der Waals surface area contributed by atoms with Crippen molar-refractivity contribution in [2.24, 2.45) is 5.92 Å². The Bertz CT molecular complexity index is 526. The van der Waals surface area contributed by atoms with Crippen molar-refractivity contribution in [1.29, 1.82) is 0 Å². The number of β-amino-alcohol motifs (C(OH)–C–C–N with tert-alkyl or cyclic N) is 1. The van der Waals surface area contributed by atoms with E-state index in [0.717, 1.165) is 17.7 Å². The van der Waals surface area contributed by atoms with E-state index < -0.39 is 12.2 Å². The summed E-state index contributed by atoms with van der Waals surface area (Å²) in [5.41, 5.74) is 1.12. The first-order chi connectivity index (χ1) is 11.2. The van der Waals surface area contributed by atoms with Gasteiger partial charge in [0.05, 0.1) is 13.2 Å². The van der Waals surface area contributed by atoms with Gasteiger partial charge in [0.1, 0.15) is 18.0 Å². The monoisotopic (exact) mass is 319 g/mol. The molecule has 126 valence electrons. The molecule has 0 amide bonds. The second kappa shape index (κ2) is 7.32. The van der Waals surface area contributed by atoms with Crippen LogP contribution in [0.1, 0.15) is 31.2 Å². The maximum Gasteiger partial charge on any atom is 0.306 e. The van der Waals surface area contributed by atoms with Crippen molar-refractivity contribution in [2.75, 3.05) is 13.7 Å². The first kappa shape index (κ1) is 16.3. The number of ether oxygens (including phenoxy) is 2. The molecule has 3 rings (SSSR count). The summed E-state index contributed by atoms with van der Waals surface area (Å²) < 4.78 is 10.7. The molecule has 0 unspecified atom stereocenters. The average Bonchev–Trinajstić information content (AvgIpc) is 3.34. The molecule has 2 fully saturated rings. The Kier molecular flexibility index (Phi) is 5.18. The number of methoxy groups -OCH3 is 1. The Hall–Kier alpha value is -1.59. The largest absolute Gasteiger partial charge is 0.497 e. The first-order valence-electron chi connectivity index (χ1n) is 8.39. The number of benzene rings is 1. The van der Waals surface area contributed by atoms with Gasteiger partial charge in [-0.15, -0.1) is 0 Å². The summed E-state index contributed by atoms with van der Waals surface area (Å²) in [6.07, 6.45) is 3.46. The Morgan fingerprint density at radius 1 is 1.30 bits per heavy atom. The topological polar surface area (TPSA) is 67.8 Å². The Balaban J connectivity index is 1.54. The minimum Gasteiger partial charge on any atom is -0.497 e. The maximum absolute atomic E-state index is 12.0. The normalized spacial score (nSPS) is 27.0. The zero-order chi connectivity index (χ0) is 16.2. The van der Waals surface area contributed by atoms with Crippen LogP contribution >= 0.6 is 0 Å². The number of hydrogen-bond donors (Lipinski definition) is 2. The third kappa shape index (κ3) is 4.45. The molecule has 0 spiro atoms. The molecular formula is C18H25NO4. The Morgan fingerprint density at radius 3 is 2.70 bits per heavy atom. The minimum atomic E-state index is -0.636. The van der Waals surface area contributed by atoms with E-state index in [9.17, 15) is 9.90 Å². The van der Waals surface area contributed by atoms with Crippen LogP contribution in [0.15, 0.2) is 24.3 Å². The number of esters is 1. The van der Waals surface area contributed by atoms with Gasteiger partial charge in [-0.25, -0.2) is 0 Å². The number of nitrogens with one attached hydrogen (secondary N) is 1. The van der Waals surface area contributed by atoms with Crippen LogP contribution in [0.2, 0.25) is 0 Å². The quantitative estimate of drug-likeness (QED) is 0.748. The summed E-state index contributed by atoms with van der Waals surface area (Å²) >= 11 is 0. The standard InChI is InChI=1S/C18H25NO4/c1-22-14-7-4-13(5-8-14)10-15-18(16(20)11-19-15)23-17(21)9-6-12-2-3-12/h4-5,7-8,12,15-16,18-20H,2-3,6,9-11H2,1H3/t15-,16+,18+/m1/s1. The van der Waals surface area contributed by atoms with E-state index in [1.165, 1.54) is 12.8 Å². The number of rotatable bonds is 7. The fraction of sp³-hybridized carbons (Fsp3) is 0.611. The molecule has 0 aromatic heterocycles. The molecule has 1 saturated heterocycles. The van der Waals surface area contributed by atoms with Crippen LogP contribution in [0.25, 0.3) is 0 Å². The molecule has 0 bridgehead atoms. The van der Waals surface area contributed by atoms with Crippen molar-refractivity contribution >= 4 is 5.97 Å². The lowest BCUT2D eigenvalue weighted by Crippen LogP contribution is -2.38. The van der Waals surface area contributed by atoms with Crippen molar-refractivity contribution in [1.82, 2.24) is 5.32 Å². The lowest BCUT2D eigenvalue weighted by Gasteiger charge is -2.22. The second-order valence-corrected chi connectivity index (χ2v) is 6.57. The van der Waals surface area contributed by atoms with E-state index >= 15 is 0 Å². The molecule has 0 radical (unpaired) electrons. The fourth-order valence-corrected chi connectivity index (χ4v) is 3.08. The van der Waals surface area contributed by atoms with Crippen LogP contribution in [0.3, 0.4) is 0 Å². The zero-order valence-electron chi connectivity index (χ0n) is 13.5. The second-order valence-electron chi connectivity index (χ2n) is 6.57. The fourth-order valence-electron chi connectivity index (χ4n) is 3.08. The number of carbonyl (C=O) groups excluding carboxylic acids is 1. The lowest BCUT2D eigenvalue weighted by atomic mass is 10.0. The number of carbonyl (C=O) groups is 1. The van der Waals surface area contributed by atoms with Gasteiger partial charge in [-0.05, 0) is 36.5 Å². The predicted molar refractivity (Wildman–Crippen MR) is 86.3 cm³/mol. The number of aliphatic hydroxyl groups is 1. The summed E-state index contributed by atoms with van der Waals surface area (Å²) in [4.78, 5) is 12.0. The van der Waals surface area contributed by atoms with Gasteiger partial charge in [0.15, 0.2) is 0 Å². The van der Waals surface area contributed by atoms with E-state index in [4.69, 9.17) is 9.47 Å². The molecule has 2 N–H and O–H groups in total. The lowest BCUT2D eigenvalue weighted by molar-refractivity contribution is -0.154. The molecule has 5 heteroatoms. The van der Waals surface area contributed by atoms with Gasteiger partial charge in [-0.3, -0.25) is 4.79 Å². The van der Waals surface area contributed by atoms with Crippen molar-refractivity contribution in [3.8, 4) is 5.75 Å². The van der Waals surface area contributed by atoms with E-state index in [0.29, 0.717) is 25.3 Å². The van der Waals surface area contributed by atoms with Crippen LogP contribution in [-0.4, -0.2) is 43.0 Å². The van der Waals surface area contributed by atoms with Gasteiger partial charge in [0.25, 0.3) is 0 Å². The van der Waals surface area contributed by atoms with Crippen molar-refractivity contribution in [2.45, 2.75) is 50.4 Å². The Morgan fingerprint density at radius 2 is 2.04 bits per heavy atom. The van der Waals surface area contributed by atoms with Crippen molar-refractivity contribution in [3.05, 3.63) is 29.8 Å². The summed E-state index contributed by atoms with van der Waals surface area (Å²) in [5.74, 6) is 1.34. The van der Waals surface area contributed by atoms with Crippen molar-refractivity contribution in [3.63, 3.8) is 0 Å². The molecule has 1 aliphatic carbocycles. The molecule has 3 atom stereocenters. The summed E-state index contributed by atoms with van der Waals surface area (Å²) in [5, 5.41) is 13.4. The third-order valence-corrected chi connectivity index (χ3v) is 4.70. The summed E-state index contributed by atoms with van der Waals surface area (Å²) in [7, 11) is 1.64. The summed E-state index contributed by atoms with van der Waals surface area (Å²) in [6.45, 7) is 0.460. The van der Waals surface area contributed by atoms with Crippen LogP contribution in [-0.2, 0) is 16.0 Å². The van der Waals surface area contributed by atoms with E-state index in [2.05, 4.69) is 5.32 Å². The molecule has 5 nitrogen and oxygen atoms in total. The number of aliphatic hydroxyl groups excluding tert-OH is 1. The van der Waals surface area contributed by atoms with Gasteiger partial charge in [0.2, 0.25) is 0 Å². The van der Waals surface area contributed by atoms with Gasteiger partial charge in [0, 0.05) is 13.0 Å². The molecule has 2 aliphatic rings. The molecule has 1 aliphatic heterocycles. The Labute approximate surface area is 137 Å². The first-order valence-corrected chi connectivity index (χ1v) is 8.39. The van der Waals surface area contributed by atoms with Gasteiger partial charge in [-0.1, -0.05) is 25.0 Å². The molecule has 1 saturated carbocycles. The smallest absolute Gasteiger partial charge is 0.306 e. The molecular weight excluding hydrogens is 294 g/mol. The predicted octanol–water partition coefficient (Wildman–Crippen LogP) is 1.67. The highest BCUT2D eigenvalue weighted by atomic mass is 16.6. The zero-order valence-corrected chi connectivity index (χ0v) is 13.5. The van der Waals surface area contributed by atoms with Gasteiger partial charge < -0.3 is 19.9 Å². The van der Waals surface area contributed by atoms with Crippen LogP contribution in [0.5, 0.6) is 5.75 Å². The highest BCUT2D eigenvalue weighted by Crippen LogP contribution is 2.33.